The van der Waals surface area contributed by atoms with Crippen LogP contribution in [0.1, 0.15) is 63.1 Å². The van der Waals surface area contributed by atoms with E-state index in [0.717, 1.165) is 29.7 Å². The quantitative estimate of drug-likeness (QED) is 0.871. The Kier molecular flexibility index (Phi) is 4.86. The Bertz CT molecular complexity index is 671. The first-order valence-electron chi connectivity index (χ1n) is 9.56. The van der Waals surface area contributed by atoms with Crippen molar-refractivity contribution >= 4 is 11.0 Å². The molecule has 2 aliphatic rings. The molecule has 4 nitrogen and oxygen atoms in total. The summed E-state index contributed by atoms with van der Waals surface area (Å²) >= 11 is 0. The van der Waals surface area contributed by atoms with Crippen LogP contribution in [-0.2, 0) is 11.3 Å². The largest absolute Gasteiger partial charge is 0.389 e. The molecule has 2 saturated carbocycles. The maximum atomic E-state index is 10.5. The van der Waals surface area contributed by atoms with Crippen LogP contribution in [0.25, 0.3) is 11.0 Å². The lowest BCUT2D eigenvalue weighted by atomic mass is 9.85. The molecule has 0 saturated heterocycles. The molecule has 1 N–H and O–H groups in total. The maximum absolute atomic E-state index is 10.5. The minimum atomic E-state index is -0.469. The number of aliphatic hydroxyl groups is 1. The van der Waals surface area contributed by atoms with Crippen molar-refractivity contribution in [2.75, 3.05) is 6.61 Å². The fourth-order valence-corrected chi connectivity index (χ4v) is 4.01. The molecule has 0 spiro atoms. The van der Waals surface area contributed by atoms with Gasteiger partial charge in [0.05, 0.1) is 36.4 Å². The lowest BCUT2D eigenvalue weighted by Gasteiger charge is -2.27. The van der Waals surface area contributed by atoms with E-state index >= 15 is 0 Å². The predicted octanol–water partition coefficient (Wildman–Crippen LogP) is 4.01. The second-order valence-electron chi connectivity index (χ2n) is 7.44. The second-order valence-corrected chi connectivity index (χ2v) is 7.44. The summed E-state index contributed by atoms with van der Waals surface area (Å²) in [6, 6.07) is 8.26. The van der Waals surface area contributed by atoms with Gasteiger partial charge in [-0.05, 0) is 37.8 Å². The zero-order valence-electron chi connectivity index (χ0n) is 14.4. The minimum absolute atomic E-state index is 0.346. The third-order valence-corrected chi connectivity index (χ3v) is 5.62. The highest BCUT2D eigenvalue weighted by Gasteiger charge is 2.26. The lowest BCUT2D eigenvalue weighted by Crippen LogP contribution is -2.28. The van der Waals surface area contributed by atoms with Crippen molar-refractivity contribution in [1.82, 2.24) is 9.55 Å². The summed E-state index contributed by atoms with van der Waals surface area (Å²) in [6.07, 6.45) is 9.76. The number of imidazole rings is 1. The molecule has 4 heteroatoms. The molecular formula is C20H28N2O2. The SMILES string of the molecule is OC(COC1CCCCC1)Cn1c(C2CCC2)nc2ccccc21. The number of benzene rings is 1. The molecular weight excluding hydrogens is 300 g/mol. The van der Waals surface area contributed by atoms with Gasteiger partial charge in [-0.25, -0.2) is 4.98 Å². The van der Waals surface area contributed by atoms with Gasteiger partial charge in [0.15, 0.2) is 0 Å². The van der Waals surface area contributed by atoms with Gasteiger partial charge in [-0.15, -0.1) is 0 Å². The van der Waals surface area contributed by atoms with E-state index in [4.69, 9.17) is 9.72 Å². The van der Waals surface area contributed by atoms with Gasteiger partial charge in [0, 0.05) is 5.92 Å². The van der Waals surface area contributed by atoms with E-state index in [1.54, 1.807) is 0 Å². The van der Waals surface area contributed by atoms with Crippen molar-refractivity contribution in [2.45, 2.75) is 76.0 Å². The second kappa shape index (κ2) is 7.24. The van der Waals surface area contributed by atoms with Crippen molar-refractivity contribution in [3.05, 3.63) is 30.1 Å². The van der Waals surface area contributed by atoms with E-state index in [-0.39, 0.29) is 0 Å². The van der Waals surface area contributed by atoms with E-state index in [9.17, 15) is 5.11 Å². The van der Waals surface area contributed by atoms with Gasteiger partial charge in [0.2, 0.25) is 0 Å². The van der Waals surface area contributed by atoms with Gasteiger partial charge in [-0.1, -0.05) is 37.8 Å². The first-order valence-corrected chi connectivity index (χ1v) is 9.56. The van der Waals surface area contributed by atoms with Crippen molar-refractivity contribution in [3.8, 4) is 0 Å². The summed E-state index contributed by atoms with van der Waals surface area (Å²) in [6.45, 7) is 1.01. The van der Waals surface area contributed by atoms with Gasteiger partial charge >= 0.3 is 0 Å². The molecule has 0 aliphatic heterocycles. The molecule has 2 fully saturated rings. The first kappa shape index (κ1) is 16.1. The summed E-state index contributed by atoms with van der Waals surface area (Å²) in [5, 5.41) is 10.5. The van der Waals surface area contributed by atoms with Crippen LogP contribution in [-0.4, -0.2) is 33.5 Å². The van der Waals surface area contributed by atoms with Crippen LogP contribution in [0.3, 0.4) is 0 Å². The standard InChI is InChI=1S/C20H28N2O2/c23-16(14-24-17-9-2-1-3-10-17)13-22-19-12-5-4-11-18(19)21-20(22)15-7-6-8-15/h4-5,11-12,15-17,23H,1-3,6-10,13-14H2. The Morgan fingerprint density at radius 1 is 1.08 bits per heavy atom. The third kappa shape index (κ3) is 3.35. The zero-order valence-corrected chi connectivity index (χ0v) is 14.4. The van der Waals surface area contributed by atoms with Gasteiger partial charge in [-0.3, -0.25) is 0 Å². The van der Waals surface area contributed by atoms with Crippen molar-refractivity contribution in [3.63, 3.8) is 0 Å². The minimum Gasteiger partial charge on any atom is -0.389 e. The van der Waals surface area contributed by atoms with Crippen molar-refractivity contribution in [2.24, 2.45) is 0 Å². The highest BCUT2D eigenvalue weighted by molar-refractivity contribution is 5.76. The summed E-state index contributed by atoms with van der Waals surface area (Å²) in [4.78, 5) is 4.85. The van der Waals surface area contributed by atoms with Crippen LogP contribution in [0, 0.1) is 0 Å². The van der Waals surface area contributed by atoms with E-state index < -0.39 is 6.10 Å². The van der Waals surface area contributed by atoms with Gasteiger partial charge in [-0.2, -0.15) is 0 Å². The molecule has 24 heavy (non-hydrogen) atoms. The monoisotopic (exact) mass is 328 g/mol. The lowest BCUT2D eigenvalue weighted by molar-refractivity contribution is -0.0283. The predicted molar refractivity (Wildman–Crippen MR) is 95.2 cm³/mol. The number of hydrogen-bond acceptors (Lipinski definition) is 3. The van der Waals surface area contributed by atoms with E-state index in [1.807, 2.05) is 6.07 Å². The summed E-state index contributed by atoms with van der Waals surface area (Å²) in [5.41, 5.74) is 2.18. The number of para-hydroxylation sites is 2. The van der Waals surface area contributed by atoms with Gasteiger partial charge < -0.3 is 14.4 Å². The molecule has 1 heterocycles. The molecule has 1 unspecified atom stereocenters. The van der Waals surface area contributed by atoms with E-state index in [1.165, 1.54) is 38.5 Å². The van der Waals surface area contributed by atoms with E-state index in [2.05, 4.69) is 22.8 Å². The average molecular weight is 328 g/mol. The molecule has 2 aliphatic carbocycles. The molecule has 130 valence electrons. The Balaban J connectivity index is 1.46. The topological polar surface area (TPSA) is 47.3 Å². The number of aromatic nitrogens is 2. The van der Waals surface area contributed by atoms with Crippen LogP contribution in [0.2, 0.25) is 0 Å². The molecule has 0 radical (unpaired) electrons. The number of aliphatic hydroxyl groups excluding tert-OH is 1. The van der Waals surface area contributed by atoms with Crippen LogP contribution in [0.4, 0.5) is 0 Å². The number of ether oxygens (including phenoxy) is 1. The third-order valence-electron chi connectivity index (χ3n) is 5.62. The number of hydrogen-bond donors (Lipinski definition) is 1. The van der Waals surface area contributed by atoms with Crippen LogP contribution in [0.5, 0.6) is 0 Å². The van der Waals surface area contributed by atoms with Gasteiger partial charge in [0.1, 0.15) is 5.82 Å². The molecule has 1 aromatic heterocycles. The maximum Gasteiger partial charge on any atom is 0.113 e. The summed E-state index contributed by atoms with van der Waals surface area (Å²) in [7, 11) is 0. The van der Waals surface area contributed by atoms with Crippen LogP contribution >= 0.6 is 0 Å². The fourth-order valence-electron chi connectivity index (χ4n) is 4.01. The van der Waals surface area contributed by atoms with Crippen molar-refractivity contribution < 1.29 is 9.84 Å². The average Bonchev–Trinajstić information content (AvgIpc) is 2.91. The highest BCUT2D eigenvalue weighted by atomic mass is 16.5. The molecule has 0 amide bonds. The normalized spacial score (nSPS) is 21.0. The van der Waals surface area contributed by atoms with Gasteiger partial charge in [0.25, 0.3) is 0 Å². The summed E-state index contributed by atoms with van der Waals surface area (Å²) < 4.78 is 8.19. The Morgan fingerprint density at radius 2 is 1.88 bits per heavy atom. The zero-order chi connectivity index (χ0) is 16.4. The van der Waals surface area contributed by atoms with Crippen molar-refractivity contribution in [1.29, 1.82) is 0 Å². The molecule has 1 aromatic carbocycles. The number of rotatable bonds is 6. The molecule has 1 atom stereocenters. The first-order chi connectivity index (χ1) is 11.8. The number of fused-ring (bicyclic) bond motifs is 1. The molecule has 0 bridgehead atoms. The van der Waals surface area contributed by atoms with Crippen LogP contribution < -0.4 is 0 Å². The summed E-state index contributed by atoms with van der Waals surface area (Å²) in [5.74, 6) is 1.71. The number of nitrogens with zero attached hydrogens (tertiary/aromatic N) is 2. The van der Waals surface area contributed by atoms with Crippen LogP contribution in [0.15, 0.2) is 24.3 Å². The highest BCUT2D eigenvalue weighted by Crippen LogP contribution is 2.37. The Labute approximate surface area is 143 Å². The molecule has 2 aromatic rings. The van der Waals surface area contributed by atoms with E-state index in [0.29, 0.717) is 25.2 Å². The Morgan fingerprint density at radius 3 is 2.62 bits per heavy atom. The fraction of sp³-hybridized carbons (Fsp3) is 0.650. The smallest absolute Gasteiger partial charge is 0.113 e. The Hall–Kier alpha value is -1.39. The molecule has 4 rings (SSSR count).